The number of hydrogen-bond acceptors (Lipinski definition) is 3. The summed E-state index contributed by atoms with van der Waals surface area (Å²) in [6.07, 6.45) is 3.64. The largest absolute Gasteiger partial charge is 0.335 e. The molecule has 0 saturated carbocycles. The number of rotatable bonds is 4. The summed E-state index contributed by atoms with van der Waals surface area (Å²) >= 11 is 7.04. The van der Waals surface area contributed by atoms with Crippen LogP contribution >= 0.6 is 23.6 Å². The number of fused-ring (bicyclic) bond motifs is 3. The van der Waals surface area contributed by atoms with E-state index in [4.69, 9.17) is 12.2 Å². The van der Waals surface area contributed by atoms with Crippen LogP contribution in [0.25, 0.3) is 20.3 Å². The first-order chi connectivity index (χ1) is 12.1. The number of aromatic nitrogens is 2. The van der Waals surface area contributed by atoms with Gasteiger partial charge < -0.3 is 9.88 Å². The van der Waals surface area contributed by atoms with Crippen LogP contribution in [0.1, 0.15) is 26.2 Å². The van der Waals surface area contributed by atoms with Gasteiger partial charge in [0.2, 0.25) is 0 Å². The molecule has 3 aromatic rings. The van der Waals surface area contributed by atoms with E-state index < -0.39 is 0 Å². The van der Waals surface area contributed by atoms with Crippen molar-refractivity contribution < 1.29 is 4.90 Å². The van der Waals surface area contributed by atoms with E-state index >= 15 is 0 Å². The van der Waals surface area contributed by atoms with Gasteiger partial charge in [-0.05, 0) is 37.0 Å². The Bertz CT molecular complexity index is 1010. The fraction of sp³-hybridized carbons (Fsp3) is 0.474. The summed E-state index contributed by atoms with van der Waals surface area (Å²) in [7, 11) is 0. The molecular weight excluding hydrogens is 350 g/mol. The molecule has 3 heterocycles. The molecule has 25 heavy (non-hydrogen) atoms. The first kappa shape index (κ1) is 16.9. The van der Waals surface area contributed by atoms with Crippen LogP contribution in [0.4, 0.5) is 0 Å². The van der Waals surface area contributed by atoms with Crippen LogP contribution < -0.4 is 10.5 Å². The summed E-state index contributed by atoms with van der Waals surface area (Å²) in [5.41, 5.74) is 0.949. The fourth-order valence-corrected chi connectivity index (χ4v) is 5.20. The summed E-state index contributed by atoms with van der Waals surface area (Å²) in [6.45, 7) is 6.70. The zero-order valence-electron chi connectivity index (χ0n) is 14.5. The SMILES string of the molecule is CC1CC[NH+](CCCn2c(=S)[nH]c3c(sc4ccccc43)c2=O)CC1. The van der Waals surface area contributed by atoms with Crippen LogP contribution in [0.5, 0.6) is 0 Å². The standard InChI is InChI=1S/C19H23N3OS2/c1-13-7-11-21(12-8-13)9-4-10-22-18(23)17-16(20-19(22)24)14-5-2-3-6-15(14)25-17/h2-3,5-6,13H,4,7-12H2,1H3,(H,20,24)/p+1. The average Bonchev–Trinajstić information content (AvgIpc) is 2.98. The highest BCUT2D eigenvalue weighted by Crippen LogP contribution is 2.29. The van der Waals surface area contributed by atoms with E-state index in [-0.39, 0.29) is 5.56 Å². The van der Waals surface area contributed by atoms with Crippen molar-refractivity contribution in [3.63, 3.8) is 0 Å². The van der Waals surface area contributed by atoms with Crippen molar-refractivity contribution in [1.29, 1.82) is 0 Å². The Balaban J connectivity index is 1.56. The third kappa shape index (κ3) is 3.30. The molecule has 2 aromatic heterocycles. The van der Waals surface area contributed by atoms with Gasteiger partial charge in [0.25, 0.3) is 5.56 Å². The number of H-pyrrole nitrogens is 1. The van der Waals surface area contributed by atoms with Gasteiger partial charge >= 0.3 is 0 Å². The molecule has 0 amide bonds. The summed E-state index contributed by atoms with van der Waals surface area (Å²) in [4.78, 5) is 17.9. The van der Waals surface area contributed by atoms with E-state index in [2.05, 4.69) is 18.0 Å². The van der Waals surface area contributed by atoms with Crippen molar-refractivity contribution in [2.24, 2.45) is 5.92 Å². The van der Waals surface area contributed by atoms with Crippen LogP contribution in [-0.4, -0.2) is 29.2 Å². The van der Waals surface area contributed by atoms with E-state index in [1.54, 1.807) is 20.8 Å². The summed E-state index contributed by atoms with van der Waals surface area (Å²) in [6, 6.07) is 8.11. The molecule has 1 aliphatic heterocycles. The van der Waals surface area contributed by atoms with E-state index in [9.17, 15) is 4.79 Å². The zero-order valence-corrected chi connectivity index (χ0v) is 16.1. The Kier molecular flexibility index (Phi) is 4.75. The lowest BCUT2D eigenvalue weighted by Gasteiger charge is -2.27. The third-order valence-corrected chi connectivity index (χ3v) is 6.89. The van der Waals surface area contributed by atoms with Gasteiger partial charge in [0, 0.05) is 23.1 Å². The summed E-state index contributed by atoms with van der Waals surface area (Å²) in [5.74, 6) is 0.871. The van der Waals surface area contributed by atoms with Gasteiger partial charge in [-0.3, -0.25) is 9.36 Å². The minimum atomic E-state index is 0.0576. The number of piperidine rings is 1. The van der Waals surface area contributed by atoms with Gasteiger partial charge in [0.15, 0.2) is 4.77 Å². The molecule has 1 aliphatic rings. The number of aromatic amines is 1. The summed E-state index contributed by atoms with van der Waals surface area (Å²) < 4.78 is 4.21. The number of benzene rings is 1. The molecule has 132 valence electrons. The Morgan fingerprint density at radius 2 is 2.08 bits per heavy atom. The second-order valence-electron chi connectivity index (χ2n) is 7.23. The number of likely N-dealkylation sites (tertiary alicyclic amines) is 1. The van der Waals surface area contributed by atoms with Gasteiger partial charge in [-0.2, -0.15) is 0 Å². The maximum Gasteiger partial charge on any atom is 0.272 e. The molecule has 4 rings (SSSR count). The first-order valence-corrected chi connectivity index (χ1v) is 10.3. The summed E-state index contributed by atoms with van der Waals surface area (Å²) in [5, 5.41) is 1.09. The molecule has 1 saturated heterocycles. The lowest BCUT2D eigenvalue weighted by atomic mass is 9.99. The minimum Gasteiger partial charge on any atom is -0.335 e. The highest BCUT2D eigenvalue weighted by molar-refractivity contribution is 7.71. The lowest BCUT2D eigenvalue weighted by molar-refractivity contribution is -0.906. The number of quaternary nitrogens is 1. The van der Waals surface area contributed by atoms with Crippen molar-refractivity contribution in [1.82, 2.24) is 9.55 Å². The number of thiophene rings is 1. The second kappa shape index (κ2) is 7.02. The van der Waals surface area contributed by atoms with E-state index in [0.29, 0.717) is 11.3 Å². The molecule has 0 atom stereocenters. The smallest absolute Gasteiger partial charge is 0.272 e. The van der Waals surface area contributed by atoms with E-state index in [1.807, 2.05) is 18.2 Å². The first-order valence-electron chi connectivity index (χ1n) is 9.11. The van der Waals surface area contributed by atoms with Crippen molar-refractivity contribution in [3.05, 3.63) is 39.4 Å². The molecule has 6 heteroatoms. The van der Waals surface area contributed by atoms with E-state index in [0.717, 1.165) is 39.2 Å². The molecule has 0 radical (unpaired) electrons. The van der Waals surface area contributed by atoms with Crippen LogP contribution in [0.3, 0.4) is 0 Å². The Labute approximate surface area is 156 Å². The number of nitrogens with zero attached hydrogens (tertiary/aromatic N) is 1. The molecular formula is C19H24N3OS2+. The van der Waals surface area contributed by atoms with Gasteiger partial charge in [-0.1, -0.05) is 25.1 Å². The minimum absolute atomic E-state index is 0.0576. The van der Waals surface area contributed by atoms with Gasteiger partial charge in [-0.15, -0.1) is 11.3 Å². The maximum absolute atomic E-state index is 12.9. The number of nitrogens with one attached hydrogen (secondary N) is 2. The molecule has 2 N–H and O–H groups in total. The fourth-order valence-electron chi connectivity index (χ4n) is 3.82. The average molecular weight is 375 g/mol. The van der Waals surface area contributed by atoms with Crippen molar-refractivity contribution in [3.8, 4) is 0 Å². The molecule has 0 aliphatic carbocycles. The highest BCUT2D eigenvalue weighted by atomic mass is 32.1. The zero-order chi connectivity index (χ0) is 17.4. The van der Waals surface area contributed by atoms with Crippen LogP contribution in [-0.2, 0) is 6.54 Å². The molecule has 0 bridgehead atoms. The van der Waals surface area contributed by atoms with Crippen molar-refractivity contribution in [2.45, 2.75) is 32.7 Å². The normalized spacial score (nSPS) is 21.2. The number of hydrogen-bond donors (Lipinski definition) is 2. The second-order valence-corrected chi connectivity index (χ2v) is 8.66. The van der Waals surface area contributed by atoms with Crippen molar-refractivity contribution >= 4 is 43.9 Å². The Morgan fingerprint density at radius 3 is 2.88 bits per heavy atom. The molecule has 1 aromatic carbocycles. The molecule has 1 fully saturated rings. The monoisotopic (exact) mass is 374 g/mol. The van der Waals surface area contributed by atoms with Crippen LogP contribution in [0.15, 0.2) is 29.1 Å². The van der Waals surface area contributed by atoms with Crippen molar-refractivity contribution in [2.75, 3.05) is 19.6 Å². The lowest BCUT2D eigenvalue weighted by Crippen LogP contribution is -3.13. The topological polar surface area (TPSA) is 42.2 Å². The quantitative estimate of drug-likeness (QED) is 0.690. The maximum atomic E-state index is 12.9. The predicted molar refractivity (Wildman–Crippen MR) is 107 cm³/mol. The van der Waals surface area contributed by atoms with Gasteiger partial charge in [-0.25, -0.2) is 0 Å². The van der Waals surface area contributed by atoms with Gasteiger partial charge in [0.1, 0.15) is 4.70 Å². The Morgan fingerprint density at radius 1 is 1.32 bits per heavy atom. The van der Waals surface area contributed by atoms with Crippen LogP contribution in [0.2, 0.25) is 0 Å². The third-order valence-electron chi connectivity index (χ3n) is 5.41. The molecule has 4 nitrogen and oxygen atoms in total. The van der Waals surface area contributed by atoms with E-state index in [1.165, 1.54) is 25.9 Å². The predicted octanol–water partition coefficient (Wildman–Crippen LogP) is 2.98. The highest BCUT2D eigenvalue weighted by Gasteiger charge is 2.18. The molecule has 0 spiro atoms. The Hall–Kier alpha value is -1.50. The van der Waals surface area contributed by atoms with Crippen LogP contribution in [0, 0.1) is 10.7 Å². The van der Waals surface area contributed by atoms with Gasteiger partial charge in [0.05, 0.1) is 25.2 Å². The molecule has 0 unspecified atom stereocenters.